The van der Waals surface area contributed by atoms with E-state index in [2.05, 4.69) is 28.9 Å². The molecule has 1 N–H and O–H groups in total. The van der Waals surface area contributed by atoms with Gasteiger partial charge in [-0.15, -0.1) is 0 Å². The largest absolute Gasteiger partial charge is 0.317 e. The highest BCUT2D eigenvalue weighted by Crippen LogP contribution is 2.33. The number of hydrogen-bond acceptors (Lipinski definition) is 3. The monoisotopic (exact) mass is 242 g/mol. The Morgan fingerprint density at radius 1 is 1.19 bits per heavy atom. The van der Waals surface area contributed by atoms with Crippen molar-refractivity contribution in [3.05, 3.63) is 0 Å². The van der Waals surface area contributed by atoms with Gasteiger partial charge in [-0.25, -0.2) is 0 Å². The van der Waals surface area contributed by atoms with Gasteiger partial charge < -0.3 is 10.2 Å². The van der Waals surface area contributed by atoms with Crippen molar-refractivity contribution in [2.45, 2.75) is 32.6 Å². The van der Waals surface area contributed by atoms with Gasteiger partial charge in [0.1, 0.15) is 0 Å². The molecule has 0 radical (unpaired) electrons. The quantitative estimate of drug-likeness (QED) is 0.817. The summed E-state index contributed by atoms with van der Waals surface area (Å²) in [7, 11) is 0. The fourth-order valence-electron chi connectivity index (χ4n) is 3.01. The van der Waals surface area contributed by atoms with E-state index in [0.29, 0.717) is 5.41 Å². The van der Waals surface area contributed by atoms with E-state index in [9.17, 15) is 0 Å². The molecule has 0 unspecified atom stereocenters. The summed E-state index contributed by atoms with van der Waals surface area (Å²) in [6, 6.07) is 0. The molecule has 2 aliphatic rings. The Labute approximate surface area is 105 Å². The van der Waals surface area contributed by atoms with Crippen molar-refractivity contribution in [3.8, 4) is 0 Å². The summed E-state index contributed by atoms with van der Waals surface area (Å²) in [6.07, 6.45) is 5.52. The third kappa shape index (κ3) is 3.38. The second-order valence-corrected chi connectivity index (χ2v) is 6.57. The molecule has 94 valence electrons. The van der Waals surface area contributed by atoms with Gasteiger partial charge in [0.2, 0.25) is 0 Å². The SMILES string of the molecule is CCC1(CN2CCCSCC2)CCNCC1. The Bertz CT molecular complexity index is 194. The summed E-state index contributed by atoms with van der Waals surface area (Å²) in [5.41, 5.74) is 0.625. The topological polar surface area (TPSA) is 15.3 Å². The van der Waals surface area contributed by atoms with Crippen LogP contribution in [0.5, 0.6) is 0 Å². The zero-order valence-corrected chi connectivity index (χ0v) is 11.5. The standard InChI is InChI=1S/C13H26N2S/c1-2-13(4-6-14-7-5-13)12-15-8-3-10-16-11-9-15/h14H,2-12H2,1H3. The predicted molar refractivity (Wildman–Crippen MR) is 73.2 cm³/mol. The summed E-state index contributed by atoms with van der Waals surface area (Å²) in [4.78, 5) is 2.73. The van der Waals surface area contributed by atoms with Gasteiger partial charge >= 0.3 is 0 Å². The Hall–Kier alpha value is 0.270. The lowest BCUT2D eigenvalue weighted by Crippen LogP contribution is -2.45. The summed E-state index contributed by atoms with van der Waals surface area (Å²) >= 11 is 2.13. The lowest BCUT2D eigenvalue weighted by Gasteiger charge is -2.40. The van der Waals surface area contributed by atoms with E-state index in [4.69, 9.17) is 0 Å². The first-order chi connectivity index (χ1) is 7.85. The third-order valence-electron chi connectivity index (χ3n) is 4.29. The van der Waals surface area contributed by atoms with Gasteiger partial charge in [0.15, 0.2) is 0 Å². The minimum absolute atomic E-state index is 0.625. The zero-order chi connectivity index (χ0) is 11.3. The fraction of sp³-hybridized carbons (Fsp3) is 1.00. The first kappa shape index (κ1) is 12.7. The van der Waals surface area contributed by atoms with Crippen LogP contribution < -0.4 is 5.32 Å². The van der Waals surface area contributed by atoms with Crippen LogP contribution in [0, 0.1) is 5.41 Å². The average Bonchev–Trinajstić information content (AvgIpc) is 2.59. The molecular formula is C13H26N2S. The smallest absolute Gasteiger partial charge is 0.00726 e. The number of hydrogen-bond donors (Lipinski definition) is 1. The van der Waals surface area contributed by atoms with E-state index in [1.165, 1.54) is 69.9 Å². The number of nitrogens with one attached hydrogen (secondary N) is 1. The maximum absolute atomic E-state index is 3.50. The molecule has 0 atom stereocenters. The molecule has 0 amide bonds. The molecule has 0 aromatic rings. The van der Waals surface area contributed by atoms with Crippen LogP contribution in [0.4, 0.5) is 0 Å². The van der Waals surface area contributed by atoms with Gasteiger partial charge in [0, 0.05) is 18.8 Å². The van der Waals surface area contributed by atoms with Crippen LogP contribution in [-0.2, 0) is 0 Å². The summed E-state index contributed by atoms with van der Waals surface area (Å²) in [5, 5.41) is 3.50. The average molecular weight is 242 g/mol. The highest BCUT2D eigenvalue weighted by Gasteiger charge is 2.32. The third-order valence-corrected chi connectivity index (χ3v) is 5.34. The molecule has 0 aromatic carbocycles. The van der Waals surface area contributed by atoms with Gasteiger partial charge in [-0.1, -0.05) is 6.92 Å². The Kier molecular flexibility index (Phi) is 4.98. The van der Waals surface area contributed by atoms with Crippen molar-refractivity contribution >= 4 is 11.8 Å². The number of piperidine rings is 1. The lowest BCUT2D eigenvalue weighted by atomic mass is 9.76. The van der Waals surface area contributed by atoms with E-state index in [0.717, 1.165) is 0 Å². The zero-order valence-electron chi connectivity index (χ0n) is 10.6. The summed E-state index contributed by atoms with van der Waals surface area (Å²) in [5.74, 6) is 2.72. The van der Waals surface area contributed by atoms with Crippen LogP contribution in [0.3, 0.4) is 0 Å². The van der Waals surface area contributed by atoms with Crippen LogP contribution in [-0.4, -0.2) is 49.1 Å². The fourth-order valence-corrected chi connectivity index (χ4v) is 3.94. The van der Waals surface area contributed by atoms with Crippen LogP contribution in [0.25, 0.3) is 0 Å². The van der Waals surface area contributed by atoms with Gasteiger partial charge in [0.05, 0.1) is 0 Å². The molecule has 2 aliphatic heterocycles. The molecule has 2 heterocycles. The molecule has 0 saturated carbocycles. The molecule has 0 aliphatic carbocycles. The molecule has 16 heavy (non-hydrogen) atoms. The highest BCUT2D eigenvalue weighted by atomic mass is 32.2. The van der Waals surface area contributed by atoms with E-state index in [1.807, 2.05) is 0 Å². The second kappa shape index (κ2) is 6.27. The van der Waals surface area contributed by atoms with Gasteiger partial charge in [-0.3, -0.25) is 0 Å². The first-order valence-corrected chi connectivity index (χ1v) is 8.01. The molecule has 2 fully saturated rings. The lowest BCUT2D eigenvalue weighted by molar-refractivity contribution is 0.112. The molecule has 0 bridgehead atoms. The van der Waals surface area contributed by atoms with E-state index in [1.54, 1.807) is 0 Å². The van der Waals surface area contributed by atoms with Crippen LogP contribution >= 0.6 is 11.8 Å². The molecule has 2 rings (SSSR count). The summed E-state index contributed by atoms with van der Waals surface area (Å²) in [6.45, 7) is 8.86. The number of nitrogens with zero attached hydrogens (tertiary/aromatic N) is 1. The Morgan fingerprint density at radius 3 is 2.75 bits per heavy atom. The molecule has 0 aromatic heterocycles. The Balaban J connectivity index is 1.88. The maximum atomic E-state index is 3.50. The number of thioether (sulfide) groups is 1. The van der Waals surface area contributed by atoms with Crippen LogP contribution in [0.15, 0.2) is 0 Å². The molecule has 0 spiro atoms. The van der Waals surface area contributed by atoms with Gasteiger partial charge in [-0.05, 0) is 56.5 Å². The van der Waals surface area contributed by atoms with Gasteiger partial charge in [-0.2, -0.15) is 11.8 Å². The highest BCUT2D eigenvalue weighted by molar-refractivity contribution is 7.99. The summed E-state index contributed by atoms with van der Waals surface area (Å²) < 4.78 is 0. The van der Waals surface area contributed by atoms with Crippen molar-refractivity contribution < 1.29 is 0 Å². The second-order valence-electron chi connectivity index (χ2n) is 5.35. The molecule has 2 saturated heterocycles. The van der Waals surface area contributed by atoms with Crippen molar-refractivity contribution in [2.24, 2.45) is 5.41 Å². The molecule has 2 nitrogen and oxygen atoms in total. The van der Waals surface area contributed by atoms with Crippen molar-refractivity contribution in [1.82, 2.24) is 10.2 Å². The van der Waals surface area contributed by atoms with E-state index < -0.39 is 0 Å². The van der Waals surface area contributed by atoms with Crippen molar-refractivity contribution in [2.75, 3.05) is 44.2 Å². The normalized spacial score (nSPS) is 27.6. The number of rotatable bonds is 3. The predicted octanol–water partition coefficient (Wildman–Crippen LogP) is 2.21. The molecule has 3 heteroatoms. The van der Waals surface area contributed by atoms with Crippen LogP contribution in [0.1, 0.15) is 32.6 Å². The van der Waals surface area contributed by atoms with E-state index in [-0.39, 0.29) is 0 Å². The first-order valence-electron chi connectivity index (χ1n) is 6.85. The molecular weight excluding hydrogens is 216 g/mol. The minimum Gasteiger partial charge on any atom is -0.317 e. The Morgan fingerprint density at radius 2 is 2.00 bits per heavy atom. The van der Waals surface area contributed by atoms with Crippen molar-refractivity contribution in [3.63, 3.8) is 0 Å². The minimum atomic E-state index is 0.625. The maximum Gasteiger partial charge on any atom is 0.00726 e. The van der Waals surface area contributed by atoms with Crippen LogP contribution in [0.2, 0.25) is 0 Å². The van der Waals surface area contributed by atoms with E-state index >= 15 is 0 Å². The van der Waals surface area contributed by atoms with Gasteiger partial charge in [0.25, 0.3) is 0 Å². The van der Waals surface area contributed by atoms with Crippen molar-refractivity contribution in [1.29, 1.82) is 0 Å².